The number of amides is 1. The molecule has 1 amide bonds. The van der Waals surface area contributed by atoms with E-state index in [2.05, 4.69) is 5.32 Å². The largest absolute Gasteiger partial charge is 0.459 e. The topological polar surface area (TPSA) is 68.3 Å². The highest BCUT2D eigenvalue weighted by Crippen LogP contribution is 2.08. The molecule has 1 heterocycles. The molecule has 1 aromatic heterocycles. The third kappa shape index (κ3) is 2.32. The van der Waals surface area contributed by atoms with E-state index in [1.54, 1.807) is 6.07 Å². The van der Waals surface area contributed by atoms with Gasteiger partial charge in [0, 0.05) is 18.2 Å². The van der Waals surface area contributed by atoms with Crippen molar-refractivity contribution in [3.05, 3.63) is 23.7 Å². The Bertz CT molecular complexity index is 294. The minimum absolute atomic E-state index is 0.0306. The van der Waals surface area contributed by atoms with Crippen molar-refractivity contribution in [2.45, 2.75) is 19.9 Å². The first-order valence-corrected chi connectivity index (χ1v) is 4.20. The molecule has 4 nitrogen and oxygen atoms in total. The summed E-state index contributed by atoms with van der Waals surface area (Å²) >= 11 is 0. The van der Waals surface area contributed by atoms with Crippen LogP contribution in [0.5, 0.6) is 0 Å². The molecule has 1 rings (SSSR count). The van der Waals surface area contributed by atoms with Gasteiger partial charge in [0.25, 0.3) is 5.91 Å². The maximum atomic E-state index is 11.4. The number of rotatable bonds is 3. The highest BCUT2D eigenvalue weighted by Gasteiger charge is 2.13. The van der Waals surface area contributed by atoms with Crippen molar-refractivity contribution in [2.24, 2.45) is 5.73 Å². The lowest BCUT2D eigenvalue weighted by Crippen LogP contribution is -2.37. The van der Waals surface area contributed by atoms with Gasteiger partial charge in [0.15, 0.2) is 5.76 Å². The van der Waals surface area contributed by atoms with Crippen molar-refractivity contribution in [2.75, 3.05) is 6.54 Å². The van der Waals surface area contributed by atoms with E-state index in [9.17, 15) is 4.79 Å². The van der Waals surface area contributed by atoms with Crippen LogP contribution in [0, 0.1) is 6.92 Å². The fourth-order valence-corrected chi connectivity index (χ4v) is 0.954. The van der Waals surface area contributed by atoms with Crippen LogP contribution in [0.15, 0.2) is 16.7 Å². The zero-order valence-corrected chi connectivity index (χ0v) is 7.83. The average molecular weight is 182 g/mol. The van der Waals surface area contributed by atoms with Gasteiger partial charge in [-0.2, -0.15) is 0 Å². The summed E-state index contributed by atoms with van der Waals surface area (Å²) in [7, 11) is 0. The van der Waals surface area contributed by atoms with Crippen LogP contribution in [0.25, 0.3) is 0 Å². The van der Waals surface area contributed by atoms with E-state index in [0.717, 1.165) is 5.56 Å². The summed E-state index contributed by atoms with van der Waals surface area (Å²) in [6, 6.07) is 1.72. The average Bonchev–Trinajstić information content (AvgIpc) is 2.51. The quantitative estimate of drug-likeness (QED) is 0.721. The van der Waals surface area contributed by atoms with E-state index in [1.165, 1.54) is 6.26 Å². The van der Waals surface area contributed by atoms with Gasteiger partial charge in [-0.25, -0.2) is 0 Å². The first-order valence-electron chi connectivity index (χ1n) is 4.20. The molecule has 0 aliphatic rings. The van der Waals surface area contributed by atoms with E-state index in [-0.39, 0.29) is 11.9 Å². The fourth-order valence-electron chi connectivity index (χ4n) is 0.954. The lowest BCUT2D eigenvalue weighted by Gasteiger charge is -2.09. The maximum absolute atomic E-state index is 11.4. The summed E-state index contributed by atoms with van der Waals surface area (Å²) in [5, 5.41) is 2.72. The van der Waals surface area contributed by atoms with Gasteiger partial charge in [-0.05, 0) is 19.9 Å². The molecule has 0 saturated heterocycles. The molecule has 1 aromatic rings. The highest BCUT2D eigenvalue weighted by atomic mass is 16.3. The van der Waals surface area contributed by atoms with E-state index < -0.39 is 0 Å². The summed E-state index contributed by atoms with van der Waals surface area (Å²) in [4.78, 5) is 11.4. The van der Waals surface area contributed by atoms with Gasteiger partial charge in [0.05, 0.1) is 6.26 Å². The highest BCUT2D eigenvalue weighted by molar-refractivity contribution is 5.92. The van der Waals surface area contributed by atoms with Gasteiger partial charge < -0.3 is 15.5 Å². The lowest BCUT2D eigenvalue weighted by molar-refractivity contribution is 0.0912. The van der Waals surface area contributed by atoms with Crippen molar-refractivity contribution in [1.82, 2.24) is 5.32 Å². The number of nitrogens with one attached hydrogen (secondary N) is 1. The summed E-state index contributed by atoms with van der Waals surface area (Å²) < 4.78 is 5.02. The van der Waals surface area contributed by atoms with Crippen molar-refractivity contribution in [3.8, 4) is 0 Å². The van der Waals surface area contributed by atoms with Crippen molar-refractivity contribution in [3.63, 3.8) is 0 Å². The molecule has 0 aromatic carbocycles. The van der Waals surface area contributed by atoms with Crippen LogP contribution in [0.2, 0.25) is 0 Å². The first-order chi connectivity index (χ1) is 6.15. The minimum Gasteiger partial charge on any atom is -0.459 e. The van der Waals surface area contributed by atoms with Crippen LogP contribution >= 0.6 is 0 Å². The Morgan fingerprint density at radius 1 is 1.77 bits per heavy atom. The van der Waals surface area contributed by atoms with Gasteiger partial charge in [-0.3, -0.25) is 4.79 Å². The second-order valence-corrected chi connectivity index (χ2v) is 3.04. The minimum atomic E-state index is -0.208. The molecule has 4 heteroatoms. The molecule has 0 aliphatic carbocycles. The van der Waals surface area contributed by atoms with Gasteiger partial charge in [-0.1, -0.05) is 0 Å². The first kappa shape index (κ1) is 9.80. The number of nitrogens with two attached hydrogens (primary N) is 1. The molecule has 0 saturated carbocycles. The van der Waals surface area contributed by atoms with Crippen molar-refractivity contribution < 1.29 is 9.21 Å². The molecule has 13 heavy (non-hydrogen) atoms. The van der Waals surface area contributed by atoms with Gasteiger partial charge in [-0.15, -0.1) is 0 Å². The number of hydrogen-bond donors (Lipinski definition) is 2. The van der Waals surface area contributed by atoms with E-state index in [0.29, 0.717) is 12.3 Å². The smallest absolute Gasteiger partial charge is 0.287 e. The van der Waals surface area contributed by atoms with Gasteiger partial charge >= 0.3 is 0 Å². The van der Waals surface area contributed by atoms with E-state index in [4.69, 9.17) is 10.2 Å². The maximum Gasteiger partial charge on any atom is 0.287 e. The number of carbonyl (C=O) groups is 1. The number of hydrogen-bond acceptors (Lipinski definition) is 3. The number of aryl methyl sites for hydroxylation is 1. The Morgan fingerprint density at radius 2 is 2.46 bits per heavy atom. The van der Waals surface area contributed by atoms with Crippen LogP contribution in [0.4, 0.5) is 0 Å². The summed E-state index contributed by atoms with van der Waals surface area (Å²) in [5.74, 6) is 0.153. The molecule has 3 N–H and O–H groups in total. The molecule has 1 unspecified atom stereocenters. The number of furan rings is 1. The SMILES string of the molecule is Cc1ccoc1C(=O)NC(C)CN. The Hall–Kier alpha value is -1.29. The number of carbonyl (C=O) groups excluding carboxylic acids is 1. The van der Waals surface area contributed by atoms with Crippen molar-refractivity contribution in [1.29, 1.82) is 0 Å². The zero-order valence-electron chi connectivity index (χ0n) is 7.83. The van der Waals surface area contributed by atoms with Crippen LogP contribution in [0.3, 0.4) is 0 Å². The molecular weight excluding hydrogens is 168 g/mol. The van der Waals surface area contributed by atoms with Crippen LogP contribution in [-0.2, 0) is 0 Å². The Balaban J connectivity index is 2.64. The van der Waals surface area contributed by atoms with E-state index >= 15 is 0 Å². The molecular formula is C9H14N2O2. The summed E-state index contributed by atoms with van der Waals surface area (Å²) in [5.41, 5.74) is 6.20. The second kappa shape index (κ2) is 4.09. The van der Waals surface area contributed by atoms with Crippen LogP contribution < -0.4 is 11.1 Å². The van der Waals surface area contributed by atoms with Crippen LogP contribution in [0.1, 0.15) is 23.0 Å². The van der Waals surface area contributed by atoms with Crippen molar-refractivity contribution >= 4 is 5.91 Å². The summed E-state index contributed by atoms with van der Waals surface area (Å²) in [6.45, 7) is 4.09. The molecule has 0 fully saturated rings. The fraction of sp³-hybridized carbons (Fsp3) is 0.444. The standard InChI is InChI=1S/C9H14N2O2/c1-6-3-4-13-8(6)9(12)11-7(2)5-10/h3-4,7H,5,10H2,1-2H3,(H,11,12). The van der Waals surface area contributed by atoms with E-state index in [1.807, 2.05) is 13.8 Å². The lowest BCUT2D eigenvalue weighted by atomic mass is 10.2. The van der Waals surface area contributed by atoms with Gasteiger partial charge in [0.1, 0.15) is 0 Å². The third-order valence-electron chi connectivity index (χ3n) is 1.80. The Kier molecular flexibility index (Phi) is 3.08. The predicted molar refractivity (Wildman–Crippen MR) is 49.4 cm³/mol. The van der Waals surface area contributed by atoms with Gasteiger partial charge in [0.2, 0.25) is 0 Å². The molecule has 0 aliphatic heterocycles. The molecule has 0 bridgehead atoms. The van der Waals surface area contributed by atoms with Crippen LogP contribution in [-0.4, -0.2) is 18.5 Å². The normalized spacial score (nSPS) is 12.5. The summed E-state index contributed by atoms with van der Waals surface area (Å²) in [6.07, 6.45) is 1.50. The monoisotopic (exact) mass is 182 g/mol. The Labute approximate surface area is 77.1 Å². The Morgan fingerprint density at radius 3 is 2.92 bits per heavy atom. The third-order valence-corrected chi connectivity index (χ3v) is 1.80. The molecule has 72 valence electrons. The zero-order chi connectivity index (χ0) is 9.84. The predicted octanol–water partition coefficient (Wildman–Crippen LogP) is 0.665. The second-order valence-electron chi connectivity index (χ2n) is 3.04. The molecule has 0 radical (unpaired) electrons. The molecule has 1 atom stereocenters. The molecule has 0 spiro atoms.